The van der Waals surface area contributed by atoms with Crippen molar-refractivity contribution in [3.63, 3.8) is 0 Å². The summed E-state index contributed by atoms with van der Waals surface area (Å²) in [5, 5.41) is 11.2. The van der Waals surface area contributed by atoms with Crippen LogP contribution in [-0.2, 0) is 6.61 Å². The number of nitriles is 1. The highest BCUT2D eigenvalue weighted by Gasteiger charge is 2.15. The van der Waals surface area contributed by atoms with Crippen molar-refractivity contribution in [2.24, 2.45) is 0 Å². The van der Waals surface area contributed by atoms with E-state index in [1.165, 1.54) is 11.3 Å². The molecule has 2 heterocycles. The first-order chi connectivity index (χ1) is 12.7. The molecular formula is C21H16N2O2S. The number of hydrogen-bond acceptors (Lipinski definition) is 5. The third-order valence-corrected chi connectivity index (χ3v) is 4.77. The third-order valence-electron chi connectivity index (χ3n) is 3.75. The average Bonchev–Trinajstić information content (AvgIpc) is 3.11. The molecule has 0 aliphatic rings. The van der Waals surface area contributed by atoms with Gasteiger partial charge in [0.05, 0.1) is 4.88 Å². The number of hydrogen-bond donors (Lipinski definition) is 0. The maximum absolute atomic E-state index is 12.5. The van der Waals surface area contributed by atoms with Crippen molar-refractivity contribution in [3.8, 4) is 11.8 Å². The van der Waals surface area contributed by atoms with E-state index < -0.39 is 0 Å². The Bertz CT molecular complexity index is 967. The summed E-state index contributed by atoms with van der Waals surface area (Å²) < 4.78 is 5.71. The third kappa shape index (κ3) is 4.24. The Hall–Kier alpha value is -3.23. The smallest absolute Gasteiger partial charge is 0.213 e. The molecule has 0 saturated heterocycles. The zero-order chi connectivity index (χ0) is 18.4. The summed E-state index contributed by atoms with van der Waals surface area (Å²) in [6.45, 7) is 2.30. The predicted molar refractivity (Wildman–Crippen MR) is 102 cm³/mol. The fourth-order valence-electron chi connectivity index (χ4n) is 2.35. The van der Waals surface area contributed by atoms with Gasteiger partial charge in [0.1, 0.15) is 24.0 Å². The van der Waals surface area contributed by atoms with E-state index in [-0.39, 0.29) is 11.4 Å². The summed E-state index contributed by atoms with van der Waals surface area (Å²) in [6.07, 6.45) is 5.08. The Labute approximate surface area is 156 Å². The van der Waals surface area contributed by atoms with Crippen molar-refractivity contribution in [3.05, 3.63) is 87.4 Å². The summed E-state index contributed by atoms with van der Waals surface area (Å²) in [5.41, 5.74) is 2.78. The molecule has 26 heavy (non-hydrogen) atoms. The Morgan fingerprint density at radius 2 is 2.08 bits per heavy atom. The Kier molecular flexibility index (Phi) is 5.57. The highest BCUT2D eigenvalue weighted by Crippen LogP contribution is 2.22. The highest BCUT2D eigenvalue weighted by atomic mass is 32.1. The minimum absolute atomic E-state index is 0.125. The molecular weight excluding hydrogens is 344 g/mol. The molecule has 128 valence electrons. The average molecular weight is 360 g/mol. The summed E-state index contributed by atoms with van der Waals surface area (Å²) in [5.74, 6) is 0.474. The number of aryl methyl sites for hydroxylation is 1. The lowest BCUT2D eigenvalue weighted by atomic mass is 10.1. The number of ketones is 1. The number of rotatable bonds is 6. The SMILES string of the molecule is Cc1ccsc1C(=O)/C(C#N)=C/c1ccc(OCc2cccnc2)cc1. The van der Waals surface area contributed by atoms with Crippen molar-refractivity contribution in [1.29, 1.82) is 5.26 Å². The van der Waals surface area contributed by atoms with E-state index >= 15 is 0 Å². The van der Waals surface area contributed by atoms with Crippen LogP contribution in [0.2, 0.25) is 0 Å². The number of carbonyl (C=O) groups excluding carboxylic acids is 1. The molecule has 3 rings (SSSR count). The highest BCUT2D eigenvalue weighted by molar-refractivity contribution is 7.12. The van der Waals surface area contributed by atoms with Gasteiger partial charge in [-0.25, -0.2) is 0 Å². The van der Waals surface area contributed by atoms with E-state index in [0.717, 1.165) is 16.7 Å². The molecule has 0 N–H and O–H groups in total. The first-order valence-corrected chi connectivity index (χ1v) is 8.87. The molecule has 3 aromatic rings. The van der Waals surface area contributed by atoms with Gasteiger partial charge in [-0.05, 0) is 53.8 Å². The van der Waals surface area contributed by atoms with Crippen LogP contribution in [0.25, 0.3) is 6.08 Å². The quantitative estimate of drug-likeness (QED) is 0.359. The Morgan fingerprint density at radius 1 is 1.27 bits per heavy atom. The second kappa shape index (κ2) is 8.24. The lowest BCUT2D eigenvalue weighted by molar-refractivity contribution is 0.104. The predicted octanol–water partition coefficient (Wildman–Crippen LogP) is 4.82. The van der Waals surface area contributed by atoms with Crippen LogP contribution in [0.1, 0.15) is 26.4 Å². The van der Waals surface area contributed by atoms with Crippen molar-refractivity contribution < 1.29 is 9.53 Å². The Morgan fingerprint density at radius 3 is 2.69 bits per heavy atom. The van der Waals surface area contributed by atoms with Crippen LogP contribution in [0.15, 0.2) is 65.8 Å². The minimum Gasteiger partial charge on any atom is -0.489 e. The van der Waals surface area contributed by atoms with Crippen molar-refractivity contribution in [1.82, 2.24) is 4.98 Å². The molecule has 0 saturated carbocycles. The summed E-state index contributed by atoms with van der Waals surface area (Å²) in [6, 6.07) is 15.0. The molecule has 0 aliphatic heterocycles. The number of aromatic nitrogens is 1. The molecule has 1 aromatic carbocycles. The number of Topliss-reactive ketones (excluding diaryl/α,β-unsaturated/α-hetero) is 1. The number of pyridine rings is 1. The fourth-order valence-corrected chi connectivity index (χ4v) is 3.23. The number of ether oxygens (including phenoxy) is 1. The number of thiophene rings is 1. The van der Waals surface area contributed by atoms with Gasteiger partial charge in [-0.1, -0.05) is 18.2 Å². The van der Waals surface area contributed by atoms with Gasteiger partial charge >= 0.3 is 0 Å². The fraction of sp³-hybridized carbons (Fsp3) is 0.0952. The molecule has 0 fully saturated rings. The van der Waals surface area contributed by atoms with Gasteiger partial charge in [-0.2, -0.15) is 5.26 Å². The first kappa shape index (κ1) is 17.6. The molecule has 0 amide bonds. The molecule has 2 aromatic heterocycles. The largest absolute Gasteiger partial charge is 0.489 e. The topological polar surface area (TPSA) is 63.0 Å². The lowest BCUT2D eigenvalue weighted by Crippen LogP contribution is -2.01. The monoisotopic (exact) mass is 360 g/mol. The minimum atomic E-state index is -0.239. The van der Waals surface area contributed by atoms with Crippen LogP contribution in [0.4, 0.5) is 0 Å². The number of nitrogens with zero attached hydrogens (tertiary/aromatic N) is 2. The van der Waals surface area contributed by atoms with Crippen LogP contribution in [0, 0.1) is 18.3 Å². The normalized spacial score (nSPS) is 11.0. The van der Waals surface area contributed by atoms with Crippen LogP contribution < -0.4 is 4.74 Å². The lowest BCUT2D eigenvalue weighted by Gasteiger charge is -2.06. The van der Waals surface area contributed by atoms with Gasteiger partial charge in [-0.15, -0.1) is 11.3 Å². The van der Waals surface area contributed by atoms with Gasteiger partial charge in [0.15, 0.2) is 0 Å². The number of carbonyl (C=O) groups is 1. The maximum Gasteiger partial charge on any atom is 0.213 e. The van der Waals surface area contributed by atoms with Crippen molar-refractivity contribution in [2.75, 3.05) is 0 Å². The van der Waals surface area contributed by atoms with Crippen LogP contribution in [0.5, 0.6) is 5.75 Å². The molecule has 0 atom stereocenters. The van der Waals surface area contributed by atoms with E-state index in [2.05, 4.69) is 4.98 Å². The summed E-state index contributed by atoms with van der Waals surface area (Å²) >= 11 is 1.35. The zero-order valence-electron chi connectivity index (χ0n) is 14.2. The first-order valence-electron chi connectivity index (χ1n) is 8.00. The van der Waals surface area contributed by atoms with E-state index in [4.69, 9.17) is 4.74 Å². The van der Waals surface area contributed by atoms with Gasteiger partial charge in [0.2, 0.25) is 5.78 Å². The second-order valence-electron chi connectivity index (χ2n) is 5.65. The van der Waals surface area contributed by atoms with Crippen LogP contribution in [-0.4, -0.2) is 10.8 Å². The molecule has 5 heteroatoms. The van der Waals surface area contributed by atoms with Crippen molar-refractivity contribution >= 4 is 23.2 Å². The molecule has 0 bridgehead atoms. The number of allylic oxidation sites excluding steroid dienone is 1. The molecule has 0 unspecified atom stereocenters. The van der Waals surface area contributed by atoms with Gasteiger partial charge < -0.3 is 4.74 Å². The van der Waals surface area contributed by atoms with E-state index in [9.17, 15) is 10.1 Å². The zero-order valence-corrected chi connectivity index (χ0v) is 15.0. The summed E-state index contributed by atoms with van der Waals surface area (Å²) in [7, 11) is 0. The summed E-state index contributed by atoms with van der Waals surface area (Å²) in [4.78, 5) is 17.1. The van der Waals surface area contributed by atoms with Gasteiger partial charge in [0, 0.05) is 18.0 Å². The van der Waals surface area contributed by atoms with Crippen LogP contribution in [0.3, 0.4) is 0 Å². The number of benzene rings is 1. The van der Waals surface area contributed by atoms with Gasteiger partial charge in [0.25, 0.3) is 0 Å². The molecule has 0 radical (unpaired) electrons. The van der Waals surface area contributed by atoms with Gasteiger partial charge in [-0.3, -0.25) is 9.78 Å². The Balaban J connectivity index is 1.71. The standard InChI is InChI=1S/C21H16N2O2S/c1-15-8-10-26-21(15)20(24)18(12-22)11-16-4-6-19(7-5-16)25-14-17-3-2-9-23-13-17/h2-11,13H,14H2,1H3/b18-11+. The van der Waals surface area contributed by atoms with Crippen molar-refractivity contribution in [2.45, 2.75) is 13.5 Å². The van der Waals surface area contributed by atoms with Crippen LogP contribution >= 0.6 is 11.3 Å². The molecule has 0 aliphatic carbocycles. The van der Waals surface area contributed by atoms with E-state index in [0.29, 0.717) is 17.2 Å². The van der Waals surface area contributed by atoms with E-state index in [1.54, 1.807) is 18.5 Å². The molecule has 4 nitrogen and oxygen atoms in total. The second-order valence-corrected chi connectivity index (χ2v) is 6.57. The van der Waals surface area contributed by atoms with E-state index in [1.807, 2.05) is 60.8 Å². The maximum atomic E-state index is 12.5. The molecule has 0 spiro atoms.